The monoisotopic (exact) mass is 357 g/mol. The molecule has 0 aromatic heterocycles. The summed E-state index contributed by atoms with van der Waals surface area (Å²) in [4.78, 5) is 24.1. The molecule has 1 heterocycles. The second-order valence-corrected chi connectivity index (χ2v) is 7.39. The number of benzene rings is 1. The molecule has 0 unspecified atom stereocenters. The van der Waals surface area contributed by atoms with E-state index in [1.165, 1.54) is 27.4 Å². The molecule has 1 saturated heterocycles. The van der Waals surface area contributed by atoms with Crippen LogP contribution >= 0.6 is 0 Å². The maximum Gasteiger partial charge on any atom is 0.310 e. The Morgan fingerprint density at radius 1 is 1.25 bits per heavy atom. The molecular formula is C14H19N3O6S. The molecule has 1 fully saturated rings. The van der Waals surface area contributed by atoms with Gasteiger partial charge in [0.25, 0.3) is 5.91 Å². The van der Waals surface area contributed by atoms with Gasteiger partial charge < -0.3 is 9.64 Å². The van der Waals surface area contributed by atoms with Gasteiger partial charge in [-0.05, 0) is 12.5 Å². The van der Waals surface area contributed by atoms with Gasteiger partial charge in [0, 0.05) is 32.2 Å². The van der Waals surface area contributed by atoms with E-state index in [0.717, 1.165) is 6.26 Å². The fourth-order valence-electron chi connectivity index (χ4n) is 2.44. The predicted octanol–water partition coefficient (Wildman–Crippen LogP) is 0.468. The highest BCUT2D eigenvalue weighted by molar-refractivity contribution is 7.88. The molecular weight excluding hydrogens is 338 g/mol. The second-order valence-electron chi connectivity index (χ2n) is 5.41. The summed E-state index contributed by atoms with van der Waals surface area (Å²) in [5.74, 6) is -0.299. The van der Waals surface area contributed by atoms with Crippen LogP contribution in [0.25, 0.3) is 0 Å². The number of nitrogens with zero attached hydrogens (tertiary/aromatic N) is 3. The Morgan fingerprint density at radius 3 is 2.62 bits per heavy atom. The molecule has 0 aliphatic carbocycles. The van der Waals surface area contributed by atoms with Gasteiger partial charge in [0.05, 0.1) is 11.2 Å². The summed E-state index contributed by atoms with van der Waals surface area (Å²) >= 11 is 0. The molecule has 10 heteroatoms. The smallest absolute Gasteiger partial charge is 0.310 e. The van der Waals surface area contributed by atoms with Crippen molar-refractivity contribution in [1.82, 2.24) is 9.21 Å². The van der Waals surface area contributed by atoms with Gasteiger partial charge in [-0.1, -0.05) is 12.1 Å². The molecule has 1 aliphatic rings. The van der Waals surface area contributed by atoms with Crippen molar-refractivity contribution in [2.45, 2.75) is 6.42 Å². The zero-order chi connectivity index (χ0) is 17.7. The number of carbonyl (C=O) groups excluding carboxylic acids is 1. The Labute approximate surface area is 140 Å². The SMILES string of the molecule is CS(=O)(=O)N1CCCN(C(=O)COc2ccccc2[N+](=O)[O-])CC1. The maximum atomic E-state index is 12.2. The van der Waals surface area contributed by atoms with Crippen molar-refractivity contribution >= 4 is 21.6 Å². The molecule has 9 nitrogen and oxygen atoms in total. The lowest BCUT2D eigenvalue weighted by atomic mass is 10.3. The molecule has 0 radical (unpaired) electrons. The van der Waals surface area contributed by atoms with E-state index in [9.17, 15) is 23.3 Å². The summed E-state index contributed by atoms with van der Waals surface area (Å²) in [6.07, 6.45) is 1.67. The van der Waals surface area contributed by atoms with E-state index < -0.39 is 14.9 Å². The van der Waals surface area contributed by atoms with Crippen molar-refractivity contribution < 1.29 is 22.9 Å². The fraction of sp³-hybridized carbons (Fsp3) is 0.500. The molecule has 0 bridgehead atoms. The van der Waals surface area contributed by atoms with Crippen molar-refractivity contribution in [3.05, 3.63) is 34.4 Å². The maximum absolute atomic E-state index is 12.2. The summed E-state index contributed by atoms with van der Waals surface area (Å²) in [5.41, 5.74) is -0.204. The lowest BCUT2D eigenvalue weighted by Gasteiger charge is -2.21. The van der Waals surface area contributed by atoms with Crippen LogP contribution in [0.3, 0.4) is 0 Å². The Bertz CT molecular complexity index is 721. The average Bonchev–Trinajstić information content (AvgIpc) is 2.78. The third-order valence-electron chi connectivity index (χ3n) is 3.69. The van der Waals surface area contributed by atoms with Gasteiger partial charge in [-0.15, -0.1) is 0 Å². The zero-order valence-electron chi connectivity index (χ0n) is 13.3. The van der Waals surface area contributed by atoms with Crippen molar-refractivity contribution in [3.63, 3.8) is 0 Å². The van der Waals surface area contributed by atoms with Crippen LogP contribution in [0.15, 0.2) is 24.3 Å². The van der Waals surface area contributed by atoms with Crippen LogP contribution in [0, 0.1) is 10.1 Å². The van der Waals surface area contributed by atoms with Crippen molar-refractivity contribution in [2.75, 3.05) is 39.0 Å². The Hall–Kier alpha value is -2.20. The second kappa shape index (κ2) is 7.58. The molecule has 0 atom stereocenters. The highest BCUT2D eigenvalue weighted by Crippen LogP contribution is 2.25. The number of nitro groups is 1. The first kappa shape index (κ1) is 18.1. The van der Waals surface area contributed by atoms with Gasteiger partial charge >= 0.3 is 5.69 Å². The molecule has 1 aromatic carbocycles. The largest absolute Gasteiger partial charge is 0.477 e. The number of nitro benzene ring substituents is 1. The number of rotatable bonds is 5. The van der Waals surface area contributed by atoms with E-state index in [-0.39, 0.29) is 37.0 Å². The van der Waals surface area contributed by atoms with Crippen LogP contribution in [-0.2, 0) is 14.8 Å². The fourth-order valence-corrected chi connectivity index (χ4v) is 3.31. The van der Waals surface area contributed by atoms with Crippen molar-refractivity contribution in [2.24, 2.45) is 0 Å². The molecule has 1 aromatic rings. The number of para-hydroxylation sites is 2. The minimum Gasteiger partial charge on any atom is -0.477 e. The number of amides is 1. The van der Waals surface area contributed by atoms with E-state index in [4.69, 9.17) is 4.74 Å². The van der Waals surface area contributed by atoms with Gasteiger partial charge in [-0.25, -0.2) is 12.7 Å². The average molecular weight is 357 g/mol. The van der Waals surface area contributed by atoms with E-state index in [1.54, 1.807) is 6.07 Å². The Balaban J connectivity index is 1.95. The summed E-state index contributed by atoms with van der Waals surface area (Å²) < 4.78 is 29.7. The Kier molecular flexibility index (Phi) is 5.73. The van der Waals surface area contributed by atoms with Gasteiger partial charge in [-0.2, -0.15) is 0 Å². The lowest BCUT2D eigenvalue weighted by Crippen LogP contribution is -2.39. The van der Waals surface area contributed by atoms with Gasteiger partial charge in [-0.3, -0.25) is 14.9 Å². The first-order valence-corrected chi connectivity index (χ1v) is 9.23. The quantitative estimate of drug-likeness (QED) is 0.559. The molecule has 0 N–H and O–H groups in total. The summed E-state index contributed by atoms with van der Waals surface area (Å²) in [6.45, 7) is 0.963. The molecule has 2 rings (SSSR count). The van der Waals surface area contributed by atoms with E-state index >= 15 is 0 Å². The van der Waals surface area contributed by atoms with Crippen LogP contribution < -0.4 is 4.74 Å². The molecule has 1 aliphatic heterocycles. The summed E-state index contributed by atoms with van der Waals surface area (Å²) in [6, 6.07) is 5.83. The van der Waals surface area contributed by atoms with Crippen LogP contribution in [0.2, 0.25) is 0 Å². The zero-order valence-corrected chi connectivity index (χ0v) is 14.1. The number of sulfonamides is 1. The van der Waals surface area contributed by atoms with Crippen LogP contribution in [0.4, 0.5) is 5.69 Å². The van der Waals surface area contributed by atoms with Crippen LogP contribution in [0.1, 0.15) is 6.42 Å². The van der Waals surface area contributed by atoms with Gasteiger partial charge in [0.15, 0.2) is 12.4 Å². The third kappa shape index (κ3) is 4.65. The molecule has 0 spiro atoms. The first-order valence-electron chi connectivity index (χ1n) is 7.38. The minimum atomic E-state index is -3.28. The topological polar surface area (TPSA) is 110 Å². The van der Waals surface area contributed by atoms with Crippen LogP contribution in [0.5, 0.6) is 5.75 Å². The Morgan fingerprint density at radius 2 is 1.96 bits per heavy atom. The van der Waals surface area contributed by atoms with E-state index in [1.807, 2.05) is 0 Å². The number of ether oxygens (including phenoxy) is 1. The standard InChI is InChI=1S/C14H19N3O6S/c1-24(21,22)16-8-4-7-15(9-10-16)14(18)11-23-13-6-3-2-5-12(13)17(19)20/h2-3,5-6H,4,7-11H2,1H3. The van der Waals surface area contributed by atoms with Crippen LogP contribution in [-0.4, -0.2) is 67.5 Å². The van der Waals surface area contributed by atoms with E-state index in [2.05, 4.69) is 0 Å². The third-order valence-corrected chi connectivity index (χ3v) is 4.99. The highest BCUT2D eigenvalue weighted by atomic mass is 32.2. The molecule has 132 valence electrons. The highest BCUT2D eigenvalue weighted by Gasteiger charge is 2.24. The molecule has 1 amide bonds. The molecule has 0 saturated carbocycles. The first-order chi connectivity index (χ1) is 11.3. The molecule has 24 heavy (non-hydrogen) atoms. The normalized spacial score (nSPS) is 16.5. The summed E-state index contributed by atoms with van der Waals surface area (Å²) in [5, 5.41) is 10.9. The van der Waals surface area contributed by atoms with E-state index in [0.29, 0.717) is 19.5 Å². The van der Waals surface area contributed by atoms with Crippen molar-refractivity contribution in [1.29, 1.82) is 0 Å². The lowest BCUT2D eigenvalue weighted by molar-refractivity contribution is -0.385. The number of carbonyl (C=O) groups is 1. The van der Waals surface area contributed by atoms with Crippen molar-refractivity contribution in [3.8, 4) is 5.75 Å². The minimum absolute atomic E-state index is 0.0310. The predicted molar refractivity (Wildman–Crippen MR) is 86.2 cm³/mol. The van der Waals surface area contributed by atoms with Gasteiger partial charge in [0.2, 0.25) is 10.0 Å². The van der Waals surface area contributed by atoms with Gasteiger partial charge in [0.1, 0.15) is 0 Å². The summed E-state index contributed by atoms with van der Waals surface area (Å²) in [7, 11) is -3.28. The number of hydrogen-bond donors (Lipinski definition) is 0. The number of hydrogen-bond acceptors (Lipinski definition) is 6.